The second-order valence-electron chi connectivity index (χ2n) is 7.87. The van der Waals surface area contributed by atoms with E-state index in [0.29, 0.717) is 22.4 Å². The average molecular weight is 606 g/mol. The summed E-state index contributed by atoms with van der Waals surface area (Å²) in [4.78, 5) is 30.5. The zero-order chi connectivity index (χ0) is 28.6. The summed E-state index contributed by atoms with van der Waals surface area (Å²) in [6.45, 7) is 0.247. The van der Waals surface area contributed by atoms with Crippen molar-refractivity contribution in [1.82, 2.24) is 20.6 Å². The van der Waals surface area contributed by atoms with Gasteiger partial charge in [-0.1, -0.05) is 11.6 Å². The third-order valence-electron chi connectivity index (χ3n) is 5.04. The molecule has 0 bridgehead atoms. The van der Waals surface area contributed by atoms with E-state index in [1.165, 1.54) is 13.2 Å². The summed E-state index contributed by atoms with van der Waals surface area (Å²) >= 11 is 6.73. The molecule has 0 aliphatic rings. The number of aromatic nitrogens is 1. The van der Waals surface area contributed by atoms with E-state index in [9.17, 15) is 31.2 Å². The number of thiophene rings is 1. The van der Waals surface area contributed by atoms with Crippen molar-refractivity contribution in [2.24, 2.45) is 0 Å². The first-order valence-electron chi connectivity index (χ1n) is 11.2. The standard InChI is InChI=1S/C23H23ClF3N5O5S2/c1-37-16-6-4-14(5-7-16)22(34)30-13-17-8-9-20(38-17)39(35,36)32-31-19(33)3-2-10-28-21-18(24)11-15(12-29-21)23(25,26)27/h4-9,11-12,32H,2-3,10,13H2,1H3,(H,28,29)(H,30,34)(H,31,33). The van der Waals surface area contributed by atoms with Crippen LogP contribution in [-0.4, -0.2) is 38.9 Å². The lowest BCUT2D eigenvalue weighted by Crippen LogP contribution is -2.41. The number of methoxy groups -OCH3 is 1. The van der Waals surface area contributed by atoms with E-state index in [1.54, 1.807) is 30.3 Å². The van der Waals surface area contributed by atoms with Crippen molar-refractivity contribution in [3.8, 4) is 5.75 Å². The summed E-state index contributed by atoms with van der Waals surface area (Å²) in [7, 11) is -2.54. The average Bonchev–Trinajstić information content (AvgIpc) is 3.39. The molecule has 4 N–H and O–H groups in total. The minimum Gasteiger partial charge on any atom is -0.497 e. The maximum Gasteiger partial charge on any atom is 0.417 e. The van der Waals surface area contributed by atoms with Crippen molar-refractivity contribution in [3.05, 3.63) is 69.7 Å². The zero-order valence-electron chi connectivity index (χ0n) is 20.3. The van der Waals surface area contributed by atoms with Gasteiger partial charge in [0, 0.05) is 29.6 Å². The Labute approximate surface area is 230 Å². The molecule has 2 heterocycles. The number of anilines is 1. The number of hydrogen-bond donors (Lipinski definition) is 4. The van der Waals surface area contributed by atoms with Gasteiger partial charge in [-0.2, -0.15) is 13.2 Å². The molecule has 0 radical (unpaired) electrons. The van der Waals surface area contributed by atoms with Crippen molar-refractivity contribution in [1.29, 1.82) is 0 Å². The number of benzene rings is 1. The largest absolute Gasteiger partial charge is 0.497 e. The van der Waals surface area contributed by atoms with Gasteiger partial charge in [-0.05, 0) is 48.9 Å². The van der Waals surface area contributed by atoms with E-state index in [4.69, 9.17) is 16.3 Å². The fourth-order valence-corrected chi connectivity index (χ4v) is 5.41. The van der Waals surface area contributed by atoms with Crippen molar-refractivity contribution < 1.29 is 35.9 Å². The van der Waals surface area contributed by atoms with Gasteiger partial charge in [0.15, 0.2) is 0 Å². The number of hydrogen-bond acceptors (Lipinski definition) is 8. The van der Waals surface area contributed by atoms with Gasteiger partial charge < -0.3 is 15.4 Å². The summed E-state index contributed by atoms with van der Waals surface area (Å²) in [5.74, 6) is -0.335. The minimum atomic E-state index is -4.57. The summed E-state index contributed by atoms with van der Waals surface area (Å²) in [6, 6.07) is 10.1. The molecule has 39 heavy (non-hydrogen) atoms. The van der Waals surface area contributed by atoms with Crippen LogP contribution in [0.5, 0.6) is 5.75 Å². The third-order valence-corrected chi connectivity index (χ3v) is 8.16. The van der Waals surface area contributed by atoms with E-state index >= 15 is 0 Å². The molecular weight excluding hydrogens is 583 g/mol. The molecule has 3 aromatic rings. The molecule has 0 saturated heterocycles. The topological polar surface area (TPSA) is 139 Å². The number of rotatable bonds is 12. The number of amides is 2. The van der Waals surface area contributed by atoms with Gasteiger partial charge in [0.05, 0.1) is 24.2 Å². The Hall–Kier alpha value is -3.40. The third kappa shape index (κ3) is 8.81. The molecule has 0 saturated carbocycles. The molecule has 3 rings (SSSR count). The van der Waals surface area contributed by atoms with Crippen LogP contribution in [0.25, 0.3) is 0 Å². The number of alkyl halides is 3. The first-order chi connectivity index (χ1) is 18.4. The van der Waals surface area contributed by atoms with Crippen LogP contribution in [0.3, 0.4) is 0 Å². The van der Waals surface area contributed by atoms with E-state index in [2.05, 4.69) is 21.0 Å². The lowest BCUT2D eigenvalue weighted by atomic mass is 10.2. The molecule has 0 aliphatic carbocycles. The molecule has 0 fully saturated rings. The molecule has 0 unspecified atom stereocenters. The number of carbonyl (C=O) groups is 2. The Kier molecular flexibility index (Phi) is 10.1. The highest BCUT2D eigenvalue weighted by Gasteiger charge is 2.31. The van der Waals surface area contributed by atoms with E-state index in [1.807, 2.05) is 4.83 Å². The molecule has 2 amide bonds. The molecule has 0 atom stereocenters. The first kappa shape index (κ1) is 30.1. The highest BCUT2D eigenvalue weighted by atomic mass is 35.5. The van der Waals surface area contributed by atoms with Crippen LogP contribution in [-0.2, 0) is 27.5 Å². The van der Waals surface area contributed by atoms with Gasteiger partial charge >= 0.3 is 6.18 Å². The lowest BCUT2D eigenvalue weighted by molar-refractivity contribution is -0.137. The first-order valence-corrected chi connectivity index (χ1v) is 13.8. The van der Waals surface area contributed by atoms with Crippen LogP contribution < -0.4 is 25.6 Å². The molecule has 0 aliphatic heterocycles. The number of carbonyl (C=O) groups excluding carboxylic acids is 2. The molecule has 210 valence electrons. The van der Waals surface area contributed by atoms with Gasteiger partial charge in [0.25, 0.3) is 15.9 Å². The van der Waals surface area contributed by atoms with Gasteiger partial charge in [0.1, 0.15) is 15.8 Å². The van der Waals surface area contributed by atoms with Gasteiger partial charge in [-0.15, -0.1) is 16.2 Å². The van der Waals surface area contributed by atoms with Crippen LogP contribution >= 0.6 is 22.9 Å². The number of nitrogens with zero attached hydrogens (tertiary/aromatic N) is 1. The van der Waals surface area contributed by atoms with Crippen molar-refractivity contribution in [2.75, 3.05) is 19.0 Å². The van der Waals surface area contributed by atoms with E-state index < -0.39 is 27.7 Å². The number of ether oxygens (including phenoxy) is 1. The Morgan fingerprint density at radius 2 is 1.85 bits per heavy atom. The van der Waals surface area contributed by atoms with Crippen LogP contribution in [0.2, 0.25) is 5.02 Å². The minimum absolute atomic E-state index is 0.0273. The maximum atomic E-state index is 12.7. The van der Waals surface area contributed by atoms with Crippen LogP contribution in [0.15, 0.2) is 52.9 Å². The summed E-state index contributed by atoms with van der Waals surface area (Å²) in [5, 5.41) is 5.19. The molecule has 10 nitrogen and oxygen atoms in total. The highest BCUT2D eigenvalue weighted by molar-refractivity contribution is 7.91. The van der Waals surface area contributed by atoms with Crippen LogP contribution in [0.1, 0.15) is 33.6 Å². The quantitative estimate of drug-likeness (QED) is 0.181. The molecular formula is C23H23ClF3N5O5S2. The second kappa shape index (κ2) is 13.1. The molecule has 1 aromatic carbocycles. The normalized spacial score (nSPS) is 11.6. The number of pyridine rings is 1. The molecule has 16 heteroatoms. The number of hydrazine groups is 1. The smallest absolute Gasteiger partial charge is 0.417 e. The monoisotopic (exact) mass is 605 g/mol. The lowest BCUT2D eigenvalue weighted by Gasteiger charge is -2.11. The SMILES string of the molecule is COc1ccc(C(=O)NCc2ccc(S(=O)(=O)NNC(=O)CCCNc3ncc(C(F)(F)F)cc3Cl)s2)cc1. The fourth-order valence-electron chi connectivity index (χ4n) is 3.03. The Balaban J connectivity index is 1.41. The molecule has 0 spiro atoms. The summed E-state index contributed by atoms with van der Waals surface area (Å²) in [6.07, 6.45) is -3.82. The Bertz CT molecular complexity index is 1420. The van der Waals surface area contributed by atoms with E-state index in [0.717, 1.165) is 17.4 Å². The van der Waals surface area contributed by atoms with Gasteiger partial charge in [-0.3, -0.25) is 15.0 Å². The zero-order valence-corrected chi connectivity index (χ0v) is 22.7. The summed E-state index contributed by atoms with van der Waals surface area (Å²) < 4.78 is 68.0. The predicted octanol–water partition coefficient (Wildman–Crippen LogP) is 3.96. The van der Waals surface area contributed by atoms with Gasteiger partial charge in [0.2, 0.25) is 5.91 Å². The fraction of sp³-hybridized carbons (Fsp3) is 0.261. The van der Waals surface area contributed by atoms with E-state index in [-0.39, 0.29) is 46.9 Å². The Morgan fingerprint density at radius 1 is 1.13 bits per heavy atom. The van der Waals surface area contributed by atoms with Crippen LogP contribution in [0, 0.1) is 0 Å². The molecule has 2 aromatic heterocycles. The Morgan fingerprint density at radius 3 is 2.49 bits per heavy atom. The summed E-state index contributed by atoms with van der Waals surface area (Å²) in [5.41, 5.74) is 1.53. The maximum absolute atomic E-state index is 12.7. The van der Waals surface area contributed by atoms with Gasteiger partial charge in [-0.25, -0.2) is 13.4 Å². The van der Waals surface area contributed by atoms with Crippen molar-refractivity contribution in [3.63, 3.8) is 0 Å². The predicted molar refractivity (Wildman–Crippen MR) is 139 cm³/mol. The van der Waals surface area contributed by atoms with Crippen molar-refractivity contribution >= 4 is 50.6 Å². The van der Waals surface area contributed by atoms with Crippen LogP contribution in [0.4, 0.5) is 19.0 Å². The second-order valence-corrected chi connectivity index (χ2v) is 11.4. The number of nitrogens with one attached hydrogen (secondary N) is 4. The highest BCUT2D eigenvalue weighted by Crippen LogP contribution is 2.32. The number of halogens is 4. The van der Waals surface area contributed by atoms with Crippen molar-refractivity contribution in [2.45, 2.75) is 29.8 Å². The number of sulfonamides is 1.